The van der Waals surface area contributed by atoms with Gasteiger partial charge in [0.15, 0.2) is 0 Å². The standard InChI is InChI=1S/C15H16ClFN2OS/c1-9-5-6-21-13(9)8-19(2)15(20)14(18)10-3-4-12(17)11(16)7-10/h3-7,14H,8,18H2,1-2H3. The average Bonchev–Trinajstić information content (AvgIpc) is 2.85. The molecule has 1 heterocycles. The van der Waals surface area contributed by atoms with E-state index in [2.05, 4.69) is 0 Å². The molecule has 0 bridgehead atoms. The van der Waals surface area contributed by atoms with Gasteiger partial charge in [0, 0.05) is 11.9 Å². The second-order valence-corrected chi connectivity index (χ2v) is 6.28. The minimum absolute atomic E-state index is 0.0347. The van der Waals surface area contributed by atoms with E-state index < -0.39 is 11.9 Å². The zero-order valence-corrected chi connectivity index (χ0v) is 13.3. The van der Waals surface area contributed by atoms with Gasteiger partial charge in [0.25, 0.3) is 0 Å². The molecule has 2 aromatic rings. The number of thiophene rings is 1. The molecule has 3 nitrogen and oxygen atoms in total. The van der Waals surface area contributed by atoms with E-state index in [-0.39, 0.29) is 10.9 Å². The molecule has 0 saturated heterocycles. The van der Waals surface area contributed by atoms with E-state index >= 15 is 0 Å². The third kappa shape index (κ3) is 3.61. The largest absolute Gasteiger partial charge is 0.339 e. The molecule has 6 heteroatoms. The Labute approximate surface area is 132 Å². The molecular weight excluding hydrogens is 311 g/mol. The van der Waals surface area contributed by atoms with Crippen LogP contribution in [0.4, 0.5) is 4.39 Å². The molecule has 0 fully saturated rings. The summed E-state index contributed by atoms with van der Waals surface area (Å²) in [5.41, 5.74) is 7.61. The van der Waals surface area contributed by atoms with Gasteiger partial charge in [0.1, 0.15) is 11.9 Å². The Balaban J connectivity index is 2.11. The van der Waals surface area contributed by atoms with Gasteiger partial charge in [-0.1, -0.05) is 17.7 Å². The topological polar surface area (TPSA) is 46.3 Å². The number of hydrogen-bond acceptors (Lipinski definition) is 3. The highest BCUT2D eigenvalue weighted by Crippen LogP contribution is 2.22. The monoisotopic (exact) mass is 326 g/mol. The number of benzene rings is 1. The van der Waals surface area contributed by atoms with Crippen LogP contribution in [0, 0.1) is 12.7 Å². The van der Waals surface area contributed by atoms with Gasteiger partial charge in [-0.05, 0) is 41.6 Å². The Hall–Kier alpha value is -1.43. The van der Waals surface area contributed by atoms with Gasteiger partial charge >= 0.3 is 0 Å². The van der Waals surface area contributed by atoms with Gasteiger partial charge in [0.05, 0.1) is 11.6 Å². The van der Waals surface area contributed by atoms with Crippen molar-refractivity contribution in [2.75, 3.05) is 7.05 Å². The fourth-order valence-corrected chi connectivity index (χ4v) is 3.09. The number of carbonyl (C=O) groups excluding carboxylic acids is 1. The van der Waals surface area contributed by atoms with Crippen molar-refractivity contribution in [3.05, 3.63) is 56.5 Å². The summed E-state index contributed by atoms with van der Waals surface area (Å²) in [5.74, 6) is -0.756. The molecule has 21 heavy (non-hydrogen) atoms. The Morgan fingerprint density at radius 3 is 2.76 bits per heavy atom. The highest BCUT2D eigenvalue weighted by molar-refractivity contribution is 7.10. The van der Waals surface area contributed by atoms with Crippen LogP contribution in [0.25, 0.3) is 0 Å². The summed E-state index contributed by atoms with van der Waals surface area (Å²) in [6, 6.07) is 5.25. The molecular formula is C15H16ClFN2OS. The van der Waals surface area contributed by atoms with E-state index in [1.54, 1.807) is 23.3 Å². The van der Waals surface area contributed by atoms with Gasteiger partial charge in [-0.25, -0.2) is 4.39 Å². The zero-order chi connectivity index (χ0) is 15.6. The fraction of sp³-hybridized carbons (Fsp3) is 0.267. The van der Waals surface area contributed by atoms with Crippen LogP contribution in [-0.2, 0) is 11.3 Å². The van der Waals surface area contributed by atoms with Crippen molar-refractivity contribution in [2.24, 2.45) is 5.73 Å². The number of aryl methyl sites for hydroxylation is 1. The van der Waals surface area contributed by atoms with E-state index in [0.717, 1.165) is 10.4 Å². The van der Waals surface area contributed by atoms with Gasteiger partial charge in [0.2, 0.25) is 5.91 Å². The first-order chi connectivity index (χ1) is 9.90. The van der Waals surface area contributed by atoms with Gasteiger partial charge in [-0.15, -0.1) is 11.3 Å². The summed E-state index contributed by atoms with van der Waals surface area (Å²) in [6.45, 7) is 2.51. The number of likely N-dealkylation sites (N-methyl/N-ethyl adjacent to an activating group) is 1. The average molecular weight is 327 g/mol. The number of nitrogens with zero attached hydrogens (tertiary/aromatic N) is 1. The molecule has 1 unspecified atom stereocenters. The van der Waals surface area contributed by atoms with Gasteiger partial charge in [-0.2, -0.15) is 0 Å². The summed E-state index contributed by atoms with van der Waals surface area (Å²) < 4.78 is 13.2. The highest BCUT2D eigenvalue weighted by Gasteiger charge is 2.21. The fourth-order valence-electron chi connectivity index (χ4n) is 1.95. The molecule has 112 valence electrons. The van der Waals surface area contributed by atoms with Gasteiger partial charge in [-0.3, -0.25) is 4.79 Å². The summed E-state index contributed by atoms with van der Waals surface area (Å²) >= 11 is 7.33. The van der Waals surface area contributed by atoms with Gasteiger partial charge < -0.3 is 10.6 Å². The summed E-state index contributed by atoms with van der Waals surface area (Å²) in [5, 5.41) is 1.95. The lowest BCUT2D eigenvalue weighted by molar-refractivity contribution is -0.131. The quantitative estimate of drug-likeness (QED) is 0.934. The molecule has 2 rings (SSSR count). The Kier molecular flexibility index (Phi) is 4.98. The first-order valence-electron chi connectivity index (χ1n) is 6.38. The summed E-state index contributed by atoms with van der Waals surface area (Å²) in [6.07, 6.45) is 0. The number of nitrogens with two attached hydrogens (primary N) is 1. The van der Waals surface area contributed by atoms with Crippen LogP contribution in [0.1, 0.15) is 22.0 Å². The minimum atomic E-state index is -0.853. The van der Waals surface area contributed by atoms with Crippen LogP contribution in [0.5, 0.6) is 0 Å². The third-order valence-electron chi connectivity index (χ3n) is 3.29. The molecule has 0 aliphatic heterocycles. The number of rotatable bonds is 4. The molecule has 1 aromatic carbocycles. The van der Waals surface area contributed by atoms with Crippen LogP contribution in [-0.4, -0.2) is 17.9 Å². The van der Waals surface area contributed by atoms with E-state index in [9.17, 15) is 9.18 Å². The number of carbonyl (C=O) groups is 1. The van der Waals surface area contributed by atoms with E-state index in [4.69, 9.17) is 17.3 Å². The maximum absolute atomic E-state index is 13.2. The second kappa shape index (κ2) is 6.56. The Morgan fingerprint density at radius 2 is 2.19 bits per heavy atom. The lowest BCUT2D eigenvalue weighted by Crippen LogP contribution is -2.35. The van der Waals surface area contributed by atoms with Crippen LogP contribution in [0.3, 0.4) is 0 Å². The van der Waals surface area contributed by atoms with Crippen molar-refractivity contribution in [1.82, 2.24) is 4.90 Å². The molecule has 0 saturated carbocycles. The molecule has 0 radical (unpaired) electrons. The first kappa shape index (κ1) is 15.9. The molecule has 0 aliphatic rings. The summed E-state index contributed by atoms with van der Waals surface area (Å²) in [4.78, 5) is 15.0. The Bertz CT molecular complexity index is 659. The van der Waals surface area contributed by atoms with Crippen molar-refractivity contribution in [3.8, 4) is 0 Å². The Morgan fingerprint density at radius 1 is 1.48 bits per heavy atom. The maximum Gasteiger partial charge on any atom is 0.244 e. The summed E-state index contributed by atoms with van der Waals surface area (Å²) in [7, 11) is 1.70. The lowest BCUT2D eigenvalue weighted by Gasteiger charge is -2.21. The molecule has 1 amide bonds. The second-order valence-electron chi connectivity index (χ2n) is 4.87. The zero-order valence-electron chi connectivity index (χ0n) is 11.8. The van der Waals surface area contributed by atoms with Crippen molar-refractivity contribution < 1.29 is 9.18 Å². The minimum Gasteiger partial charge on any atom is -0.339 e. The number of halogens is 2. The molecule has 0 aliphatic carbocycles. The van der Waals surface area contributed by atoms with E-state index in [0.29, 0.717) is 12.1 Å². The predicted octanol–water partition coefficient (Wildman–Crippen LogP) is 3.51. The van der Waals surface area contributed by atoms with E-state index in [1.165, 1.54) is 18.2 Å². The van der Waals surface area contributed by atoms with Crippen molar-refractivity contribution in [2.45, 2.75) is 19.5 Å². The predicted molar refractivity (Wildman–Crippen MR) is 83.9 cm³/mol. The van der Waals surface area contributed by atoms with Crippen molar-refractivity contribution in [1.29, 1.82) is 0 Å². The van der Waals surface area contributed by atoms with Crippen LogP contribution in [0.15, 0.2) is 29.6 Å². The lowest BCUT2D eigenvalue weighted by atomic mass is 10.1. The van der Waals surface area contributed by atoms with Crippen molar-refractivity contribution >= 4 is 28.8 Å². The van der Waals surface area contributed by atoms with Crippen LogP contribution >= 0.6 is 22.9 Å². The normalized spacial score (nSPS) is 12.2. The molecule has 0 spiro atoms. The molecule has 1 aromatic heterocycles. The van der Waals surface area contributed by atoms with Crippen LogP contribution < -0.4 is 5.73 Å². The van der Waals surface area contributed by atoms with Crippen molar-refractivity contribution in [3.63, 3.8) is 0 Å². The highest BCUT2D eigenvalue weighted by atomic mass is 35.5. The van der Waals surface area contributed by atoms with E-state index in [1.807, 2.05) is 18.4 Å². The molecule has 2 N–H and O–H groups in total. The first-order valence-corrected chi connectivity index (χ1v) is 7.64. The SMILES string of the molecule is Cc1ccsc1CN(C)C(=O)C(N)c1ccc(F)c(Cl)c1. The number of amides is 1. The molecule has 1 atom stereocenters. The maximum atomic E-state index is 13.2. The third-order valence-corrected chi connectivity index (χ3v) is 4.59. The van der Waals surface area contributed by atoms with Crippen LogP contribution in [0.2, 0.25) is 5.02 Å². The smallest absolute Gasteiger partial charge is 0.244 e. The number of hydrogen-bond donors (Lipinski definition) is 1.